The van der Waals surface area contributed by atoms with E-state index in [4.69, 9.17) is 5.11 Å². The highest BCUT2D eigenvalue weighted by Gasteiger charge is 2.23. The number of hydrogen-bond acceptors (Lipinski definition) is 1. The fraction of sp³-hybridized carbons (Fsp3) is 0.571. The van der Waals surface area contributed by atoms with E-state index < -0.39 is 0 Å². The monoisotopic (exact) mass is 204 g/mol. The van der Waals surface area contributed by atoms with Crippen molar-refractivity contribution in [3.05, 3.63) is 34.9 Å². The summed E-state index contributed by atoms with van der Waals surface area (Å²) >= 11 is 0. The molecular weight excluding hydrogens is 184 g/mol. The molecule has 0 bridgehead atoms. The van der Waals surface area contributed by atoms with Crippen molar-refractivity contribution in [3.63, 3.8) is 0 Å². The minimum Gasteiger partial charge on any atom is -0.396 e. The van der Waals surface area contributed by atoms with Crippen molar-refractivity contribution < 1.29 is 5.11 Å². The van der Waals surface area contributed by atoms with Gasteiger partial charge in [-0.2, -0.15) is 0 Å². The SMILES string of the molecule is CC(C)(C)c1ccc2c(c1)CC(CO)C2. The van der Waals surface area contributed by atoms with Crippen LogP contribution in [0.2, 0.25) is 0 Å². The van der Waals surface area contributed by atoms with E-state index in [1.54, 1.807) is 0 Å². The molecule has 1 atom stereocenters. The topological polar surface area (TPSA) is 20.2 Å². The van der Waals surface area contributed by atoms with Gasteiger partial charge in [0.15, 0.2) is 0 Å². The van der Waals surface area contributed by atoms with E-state index in [1.807, 2.05) is 0 Å². The zero-order chi connectivity index (χ0) is 11.1. The van der Waals surface area contributed by atoms with Crippen LogP contribution in [0.25, 0.3) is 0 Å². The van der Waals surface area contributed by atoms with Crippen LogP contribution in [0, 0.1) is 5.92 Å². The van der Waals surface area contributed by atoms with Gasteiger partial charge in [-0.3, -0.25) is 0 Å². The normalized spacial score (nSPS) is 20.4. The molecule has 1 aliphatic carbocycles. The van der Waals surface area contributed by atoms with Gasteiger partial charge in [-0.15, -0.1) is 0 Å². The Kier molecular flexibility index (Phi) is 2.59. The third-order valence-corrected chi connectivity index (χ3v) is 3.35. The quantitative estimate of drug-likeness (QED) is 0.745. The Morgan fingerprint density at radius 3 is 2.47 bits per heavy atom. The Labute approximate surface area is 92.1 Å². The maximum atomic E-state index is 9.17. The fourth-order valence-electron chi connectivity index (χ4n) is 2.30. The van der Waals surface area contributed by atoms with Crippen molar-refractivity contribution in [2.75, 3.05) is 6.61 Å². The molecule has 0 radical (unpaired) electrons. The molecule has 0 saturated carbocycles. The van der Waals surface area contributed by atoms with Gasteiger partial charge in [-0.25, -0.2) is 0 Å². The Morgan fingerprint density at radius 2 is 1.87 bits per heavy atom. The summed E-state index contributed by atoms with van der Waals surface area (Å²) in [5, 5.41) is 9.17. The predicted molar refractivity (Wildman–Crippen MR) is 63.1 cm³/mol. The molecule has 1 aliphatic rings. The Hall–Kier alpha value is -0.820. The zero-order valence-electron chi connectivity index (χ0n) is 9.88. The molecule has 1 N–H and O–H groups in total. The molecule has 0 heterocycles. The maximum absolute atomic E-state index is 9.17. The molecule has 0 saturated heterocycles. The van der Waals surface area contributed by atoms with Crippen LogP contribution in [-0.4, -0.2) is 11.7 Å². The van der Waals surface area contributed by atoms with Gasteiger partial charge in [0.25, 0.3) is 0 Å². The summed E-state index contributed by atoms with van der Waals surface area (Å²) in [6, 6.07) is 6.80. The molecule has 82 valence electrons. The lowest BCUT2D eigenvalue weighted by Gasteiger charge is -2.19. The average molecular weight is 204 g/mol. The van der Waals surface area contributed by atoms with E-state index in [-0.39, 0.29) is 5.41 Å². The van der Waals surface area contributed by atoms with E-state index in [0.29, 0.717) is 12.5 Å². The van der Waals surface area contributed by atoms with E-state index in [9.17, 15) is 0 Å². The highest BCUT2D eigenvalue weighted by atomic mass is 16.3. The van der Waals surface area contributed by atoms with Crippen molar-refractivity contribution in [1.82, 2.24) is 0 Å². The molecule has 0 aliphatic heterocycles. The van der Waals surface area contributed by atoms with Crippen molar-refractivity contribution >= 4 is 0 Å². The molecule has 1 nitrogen and oxygen atoms in total. The average Bonchev–Trinajstić information content (AvgIpc) is 2.57. The fourth-order valence-corrected chi connectivity index (χ4v) is 2.30. The van der Waals surface area contributed by atoms with Crippen LogP contribution in [0.15, 0.2) is 18.2 Å². The lowest BCUT2D eigenvalue weighted by molar-refractivity contribution is 0.232. The first-order chi connectivity index (χ1) is 7.00. The van der Waals surface area contributed by atoms with Crippen molar-refractivity contribution in [2.24, 2.45) is 5.92 Å². The van der Waals surface area contributed by atoms with E-state index in [2.05, 4.69) is 39.0 Å². The van der Waals surface area contributed by atoms with Gasteiger partial charge >= 0.3 is 0 Å². The van der Waals surface area contributed by atoms with E-state index in [0.717, 1.165) is 12.8 Å². The van der Waals surface area contributed by atoms with Crippen LogP contribution in [0.1, 0.15) is 37.5 Å². The predicted octanol–water partition coefficient (Wildman–Crippen LogP) is 2.69. The van der Waals surface area contributed by atoms with E-state index in [1.165, 1.54) is 16.7 Å². The van der Waals surface area contributed by atoms with Crippen LogP contribution >= 0.6 is 0 Å². The Balaban J connectivity index is 2.30. The van der Waals surface area contributed by atoms with Crippen molar-refractivity contribution in [1.29, 1.82) is 0 Å². The van der Waals surface area contributed by atoms with Crippen LogP contribution in [-0.2, 0) is 18.3 Å². The minimum absolute atomic E-state index is 0.229. The molecule has 0 amide bonds. The summed E-state index contributed by atoms with van der Waals surface area (Å²) < 4.78 is 0. The standard InChI is InChI=1S/C14H20O/c1-14(2,3)13-5-4-11-6-10(9-15)7-12(11)8-13/h4-5,8,10,15H,6-7,9H2,1-3H3. The van der Waals surface area contributed by atoms with Crippen LogP contribution in [0.4, 0.5) is 0 Å². The summed E-state index contributed by atoms with van der Waals surface area (Å²) in [6.07, 6.45) is 2.10. The summed E-state index contributed by atoms with van der Waals surface area (Å²) in [4.78, 5) is 0. The van der Waals surface area contributed by atoms with Gasteiger partial charge in [-0.05, 0) is 40.9 Å². The van der Waals surface area contributed by atoms with Gasteiger partial charge < -0.3 is 5.11 Å². The van der Waals surface area contributed by atoms with E-state index >= 15 is 0 Å². The van der Waals surface area contributed by atoms with Crippen LogP contribution in [0.5, 0.6) is 0 Å². The molecule has 2 rings (SSSR count). The van der Waals surface area contributed by atoms with Gasteiger partial charge in [0.05, 0.1) is 0 Å². The molecule has 1 heteroatoms. The number of aliphatic hydroxyl groups is 1. The zero-order valence-corrected chi connectivity index (χ0v) is 9.88. The third-order valence-electron chi connectivity index (χ3n) is 3.35. The summed E-state index contributed by atoms with van der Waals surface area (Å²) in [7, 11) is 0. The lowest BCUT2D eigenvalue weighted by atomic mass is 9.85. The first-order valence-corrected chi connectivity index (χ1v) is 5.74. The van der Waals surface area contributed by atoms with Gasteiger partial charge in [-0.1, -0.05) is 39.0 Å². The second kappa shape index (κ2) is 3.64. The van der Waals surface area contributed by atoms with Gasteiger partial charge in [0.1, 0.15) is 0 Å². The first kappa shape index (κ1) is 10.7. The number of benzene rings is 1. The van der Waals surface area contributed by atoms with Gasteiger partial charge in [0.2, 0.25) is 0 Å². The number of aliphatic hydroxyl groups excluding tert-OH is 1. The van der Waals surface area contributed by atoms with Crippen LogP contribution < -0.4 is 0 Å². The minimum atomic E-state index is 0.229. The molecule has 15 heavy (non-hydrogen) atoms. The molecule has 0 spiro atoms. The molecule has 1 aromatic carbocycles. The molecule has 0 fully saturated rings. The number of hydrogen-bond donors (Lipinski definition) is 1. The highest BCUT2D eigenvalue weighted by molar-refractivity contribution is 5.38. The molecule has 1 unspecified atom stereocenters. The number of rotatable bonds is 1. The summed E-state index contributed by atoms with van der Waals surface area (Å²) in [6.45, 7) is 7.05. The summed E-state index contributed by atoms with van der Waals surface area (Å²) in [5.41, 5.74) is 4.51. The third kappa shape index (κ3) is 2.07. The number of fused-ring (bicyclic) bond motifs is 1. The highest BCUT2D eigenvalue weighted by Crippen LogP contribution is 2.31. The van der Waals surface area contributed by atoms with Crippen molar-refractivity contribution in [3.8, 4) is 0 Å². The smallest absolute Gasteiger partial charge is 0.0465 e. The Morgan fingerprint density at radius 1 is 1.20 bits per heavy atom. The lowest BCUT2D eigenvalue weighted by Crippen LogP contribution is -2.11. The molecule has 0 aromatic heterocycles. The molecular formula is C14H20O. The van der Waals surface area contributed by atoms with Crippen molar-refractivity contribution in [2.45, 2.75) is 39.0 Å². The maximum Gasteiger partial charge on any atom is 0.0465 e. The molecule has 1 aromatic rings. The first-order valence-electron chi connectivity index (χ1n) is 5.74. The van der Waals surface area contributed by atoms with Crippen LogP contribution in [0.3, 0.4) is 0 Å². The largest absolute Gasteiger partial charge is 0.396 e. The second-order valence-corrected chi connectivity index (χ2v) is 5.69. The second-order valence-electron chi connectivity index (χ2n) is 5.69. The van der Waals surface area contributed by atoms with Gasteiger partial charge in [0, 0.05) is 6.61 Å². The Bertz CT molecular complexity index is 360. The summed E-state index contributed by atoms with van der Waals surface area (Å²) in [5.74, 6) is 0.454.